The summed E-state index contributed by atoms with van der Waals surface area (Å²) in [6.07, 6.45) is 1.03. The molecule has 10 atom stereocenters. The number of aliphatic hydroxyl groups excluding tert-OH is 1. The van der Waals surface area contributed by atoms with Gasteiger partial charge in [-0.05, 0) is 60.8 Å². The molecule has 7 heteroatoms. The second-order valence-electron chi connectivity index (χ2n) is 11.9. The lowest BCUT2D eigenvalue weighted by molar-refractivity contribution is -0.179. The van der Waals surface area contributed by atoms with Crippen molar-refractivity contribution in [1.29, 1.82) is 0 Å². The fourth-order valence-electron chi connectivity index (χ4n) is 8.04. The zero-order chi connectivity index (χ0) is 26.9. The molecule has 1 spiro atoms. The number of benzene rings is 1. The largest absolute Gasteiger partial charge is 0.457 e. The SMILES string of the molecule is C=C1[C@@H](O)[C@H]2C[C@@H]3C[C@H](C)C(=O)[C@](C)(O)C=C3[C@@H](OC(C)=O)[C@]23C(=O)N[C@H](Cc2ccccc2)[C@@H]3[C@H]1C. The monoisotopic (exact) mass is 507 g/mol. The van der Waals surface area contributed by atoms with E-state index in [1.165, 1.54) is 19.9 Å². The molecular weight excluding hydrogens is 470 g/mol. The molecule has 0 radical (unpaired) electrons. The first-order valence-electron chi connectivity index (χ1n) is 13.3. The Bertz CT molecular complexity index is 1170. The van der Waals surface area contributed by atoms with Crippen LogP contribution in [0.25, 0.3) is 0 Å². The van der Waals surface area contributed by atoms with Crippen LogP contribution in [0.3, 0.4) is 0 Å². The number of hydrogen-bond donors (Lipinski definition) is 3. The number of hydrogen-bond acceptors (Lipinski definition) is 6. The number of ketones is 1. The summed E-state index contributed by atoms with van der Waals surface area (Å²) in [4.78, 5) is 39.8. The number of nitrogens with one attached hydrogen (secondary N) is 1. The van der Waals surface area contributed by atoms with Gasteiger partial charge in [0, 0.05) is 30.7 Å². The van der Waals surface area contributed by atoms with Gasteiger partial charge in [0.05, 0.1) is 6.10 Å². The molecule has 37 heavy (non-hydrogen) atoms. The van der Waals surface area contributed by atoms with E-state index in [1.807, 2.05) is 37.3 Å². The molecule has 3 aliphatic carbocycles. The van der Waals surface area contributed by atoms with Gasteiger partial charge in [0.25, 0.3) is 0 Å². The van der Waals surface area contributed by atoms with Crippen molar-refractivity contribution in [1.82, 2.24) is 5.32 Å². The highest BCUT2D eigenvalue weighted by Gasteiger charge is 2.72. The van der Waals surface area contributed by atoms with Crippen molar-refractivity contribution < 1.29 is 29.3 Å². The molecule has 3 N–H and O–H groups in total. The van der Waals surface area contributed by atoms with Crippen molar-refractivity contribution in [2.45, 2.75) is 70.8 Å². The van der Waals surface area contributed by atoms with E-state index in [1.54, 1.807) is 6.92 Å². The van der Waals surface area contributed by atoms with E-state index in [4.69, 9.17) is 4.74 Å². The van der Waals surface area contributed by atoms with Crippen molar-refractivity contribution >= 4 is 17.7 Å². The average Bonchev–Trinajstić information content (AvgIpc) is 3.08. The number of ether oxygens (including phenoxy) is 1. The number of carbonyl (C=O) groups is 3. The van der Waals surface area contributed by atoms with Crippen LogP contribution < -0.4 is 5.32 Å². The summed E-state index contributed by atoms with van der Waals surface area (Å²) in [7, 11) is 0. The molecule has 0 bridgehead atoms. The highest BCUT2D eigenvalue weighted by Crippen LogP contribution is 2.64. The van der Waals surface area contributed by atoms with E-state index >= 15 is 0 Å². The average molecular weight is 508 g/mol. The van der Waals surface area contributed by atoms with E-state index in [0.717, 1.165) is 5.56 Å². The van der Waals surface area contributed by atoms with Gasteiger partial charge in [-0.25, -0.2) is 0 Å². The molecule has 1 heterocycles. The van der Waals surface area contributed by atoms with Gasteiger partial charge >= 0.3 is 5.97 Å². The number of aliphatic hydroxyl groups is 2. The number of rotatable bonds is 3. The topological polar surface area (TPSA) is 113 Å². The van der Waals surface area contributed by atoms with E-state index in [0.29, 0.717) is 30.4 Å². The van der Waals surface area contributed by atoms with Crippen molar-refractivity contribution in [3.63, 3.8) is 0 Å². The maximum atomic E-state index is 14.2. The molecule has 1 amide bonds. The number of esters is 1. The van der Waals surface area contributed by atoms with Crippen LogP contribution in [-0.4, -0.2) is 51.7 Å². The third-order valence-corrected chi connectivity index (χ3v) is 9.55. The second kappa shape index (κ2) is 8.91. The van der Waals surface area contributed by atoms with Gasteiger partial charge in [-0.15, -0.1) is 0 Å². The van der Waals surface area contributed by atoms with Gasteiger partial charge in [0.2, 0.25) is 5.91 Å². The van der Waals surface area contributed by atoms with Crippen LogP contribution in [0.1, 0.15) is 46.1 Å². The highest BCUT2D eigenvalue weighted by molar-refractivity contribution is 5.92. The quantitative estimate of drug-likeness (QED) is 0.428. The van der Waals surface area contributed by atoms with Gasteiger partial charge in [-0.2, -0.15) is 0 Å². The molecular formula is C30H37NO6. The summed E-state index contributed by atoms with van der Waals surface area (Å²) in [5, 5.41) is 25.9. The van der Waals surface area contributed by atoms with Gasteiger partial charge in [-0.1, -0.05) is 50.8 Å². The van der Waals surface area contributed by atoms with E-state index in [-0.39, 0.29) is 35.5 Å². The number of carbonyl (C=O) groups excluding carboxylic acids is 3. The van der Waals surface area contributed by atoms with Crippen LogP contribution in [0, 0.1) is 35.0 Å². The van der Waals surface area contributed by atoms with Gasteiger partial charge < -0.3 is 20.3 Å². The van der Waals surface area contributed by atoms with Crippen LogP contribution in [0.4, 0.5) is 0 Å². The molecule has 0 aromatic heterocycles. The Morgan fingerprint density at radius 1 is 1.19 bits per heavy atom. The molecule has 1 aliphatic heterocycles. The third-order valence-electron chi connectivity index (χ3n) is 9.55. The summed E-state index contributed by atoms with van der Waals surface area (Å²) < 4.78 is 6.02. The third kappa shape index (κ3) is 3.81. The Kier molecular flexibility index (Phi) is 6.23. The van der Waals surface area contributed by atoms with E-state index in [2.05, 4.69) is 11.9 Å². The maximum absolute atomic E-state index is 14.2. The first kappa shape index (κ1) is 25.9. The van der Waals surface area contributed by atoms with Gasteiger partial charge in [0.1, 0.15) is 17.1 Å². The Morgan fingerprint density at radius 2 is 1.86 bits per heavy atom. The van der Waals surface area contributed by atoms with Crippen molar-refractivity contribution in [3.05, 3.63) is 59.7 Å². The molecule has 1 saturated heterocycles. The Hall–Kier alpha value is -2.77. The summed E-state index contributed by atoms with van der Waals surface area (Å²) in [5.41, 5.74) is -0.637. The van der Waals surface area contributed by atoms with Crippen molar-refractivity contribution in [2.75, 3.05) is 0 Å². The lowest BCUT2D eigenvalue weighted by Crippen LogP contribution is -2.64. The molecule has 7 nitrogen and oxygen atoms in total. The molecule has 2 saturated carbocycles. The lowest BCUT2D eigenvalue weighted by Gasteiger charge is -2.58. The van der Waals surface area contributed by atoms with Gasteiger partial charge in [0.15, 0.2) is 5.78 Å². The van der Waals surface area contributed by atoms with Crippen LogP contribution >= 0.6 is 0 Å². The summed E-state index contributed by atoms with van der Waals surface area (Å²) in [6, 6.07) is 9.63. The smallest absolute Gasteiger partial charge is 0.303 e. The standard InChI is InChI=1S/C30H37NO6/c1-15-11-20-13-22-25(33)17(3)16(2)24-23(12-19-9-7-6-8-10-19)31-28(35)30(22,24)27(37-18(4)32)21(20)14-29(5,36)26(15)34/h6-10,14-16,20,22-25,27,33,36H,3,11-13H2,1-2,4-5H3,(H,31,35)/t15-,16-,20-,22+,23+,24-,25+,27+,29+,30-/m0/s1. The number of amides is 1. The predicted molar refractivity (Wildman–Crippen MR) is 137 cm³/mol. The minimum Gasteiger partial charge on any atom is -0.457 e. The summed E-state index contributed by atoms with van der Waals surface area (Å²) in [5.74, 6) is -2.85. The van der Waals surface area contributed by atoms with E-state index < -0.39 is 41.0 Å². The van der Waals surface area contributed by atoms with Crippen LogP contribution in [0.5, 0.6) is 0 Å². The number of fused-ring (bicyclic) bond motifs is 1. The first-order valence-corrected chi connectivity index (χ1v) is 13.3. The molecule has 4 aliphatic rings. The Balaban J connectivity index is 1.71. The zero-order valence-corrected chi connectivity index (χ0v) is 21.9. The fourth-order valence-corrected chi connectivity index (χ4v) is 8.04. The molecule has 0 unspecified atom stereocenters. The Morgan fingerprint density at radius 3 is 2.51 bits per heavy atom. The summed E-state index contributed by atoms with van der Waals surface area (Å²) in [6.45, 7) is 10.8. The second-order valence-corrected chi connectivity index (χ2v) is 11.9. The van der Waals surface area contributed by atoms with E-state index in [9.17, 15) is 24.6 Å². The Labute approximate surface area is 218 Å². The maximum Gasteiger partial charge on any atom is 0.303 e. The fraction of sp³-hybridized carbons (Fsp3) is 0.567. The van der Waals surface area contributed by atoms with Crippen molar-refractivity contribution in [3.8, 4) is 0 Å². The minimum absolute atomic E-state index is 0.231. The van der Waals surface area contributed by atoms with Crippen LogP contribution in [-0.2, 0) is 25.5 Å². The predicted octanol–water partition coefficient (Wildman–Crippen LogP) is 2.75. The van der Waals surface area contributed by atoms with Crippen LogP contribution in [0.15, 0.2) is 54.1 Å². The molecule has 1 aromatic carbocycles. The molecule has 1 aromatic rings. The molecule has 3 fully saturated rings. The van der Waals surface area contributed by atoms with Crippen molar-refractivity contribution in [2.24, 2.45) is 35.0 Å². The highest BCUT2D eigenvalue weighted by atomic mass is 16.5. The van der Waals surface area contributed by atoms with Gasteiger partial charge in [-0.3, -0.25) is 14.4 Å². The first-order chi connectivity index (χ1) is 17.4. The normalized spacial score (nSPS) is 43.1. The molecule has 198 valence electrons. The number of Topliss-reactive ketones (excluding diaryl/α,β-unsaturated/α-hetero) is 1. The minimum atomic E-state index is -1.75. The zero-order valence-electron chi connectivity index (χ0n) is 21.9. The molecule has 5 rings (SSSR count). The lowest BCUT2D eigenvalue weighted by atomic mass is 9.46. The summed E-state index contributed by atoms with van der Waals surface area (Å²) >= 11 is 0. The van der Waals surface area contributed by atoms with Crippen LogP contribution in [0.2, 0.25) is 0 Å².